The van der Waals surface area contributed by atoms with Gasteiger partial charge in [0.05, 0.1) is 4.99 Å². The maximum Gasteiger partial charge on any atom is 0.254 e. The first-order valence-corrected chi connectivity index (χ1v) is 6.58. The van der Waals surface area contributed by atoms with Gasteiger partial charge in [0, 0.05) is 30.1 Å². The monoisotopic (exact) mass is 284 g/mol. The van der Waals surface area contributed by atoms with Gasteiger partial charge in [0.25, 0.3) is 5.91 Å². The van der Waals surface area contributed by atoms with Gasteiger partial charge in [-0.25, -0.2) is 0 Å². The first-order chi connectivity index (χ1) is 8.45. The highest BCUT2D eigenvalue weighted by molar-refractivity contribution is 7.80. The van der Waals surface area contributed by atoms with Crippen LogP contribution in [0.4, 0.5) is 0 Å². The van der Waals surface area contributed by atoms with Gasteiger partial charge in [-0.05, 0) is 37.6 Å². The Morgan fingerprint density at radius 1 is 1.50 bits per heavy atom. The van der Waals surface area contributed by atoms with E-state index in [2.05, 4.69) is 0 Å². The molecule has 18 heavy (non-hydrogen) atoms. The zero-order valence-corrected chi connectivity index (χ0v) is 12.1. The number of thiocarbonyl (C=S) groups is 1. The van der Waals surface area contributed by atoms with Crippen LogP contribution in [0.1, 0.15) is 29.3 Å². The summed E-state index contributed by atoms with van der Waals surface area (Å²) < 4.78 is 0. The molecule has 98 valence electrons. The van der Waals surface area contributed by atoms with Crippen molar-refractivity contribution in [2.45, 2.75) is 20.3 Å². The molecule has 0 radical (unpaired) electrons. The fourth-order valence-corrected chi connectivity index (χ4v) is 2.00. The molecule has 0 unspecified atom stereocenters. The summed E-state index contributed by atoms with van der Waals surface area (Å²) in [6.07, 6.45) is 0.543. The van der Waals surface area contributed by atoms with E-state index >= 15 is 0 Å². The summed E-state index contributed by atoms with van der Waals surface area (Å²) in [7, 11) is 0. The number of nitrogens with zero attached hydrogens (tertiary/aromatic N) is 1. The first-order valence-electron chi connectivity index (χ1n) is 5.79. The highest BCUT2D eigenvalue weighted by Gasteiger charge is 2.16. The van der Waals surface area contributed by atoms with Crippen LogP contribution in [0, 0.1) is 6.92 Å². The number of benzene rings is 1. The zero-order valence-electron chi connectivity index (χ0n) is 10.6. The van der Waals surface area contributed by atoms with E-state index in [1.165, 1.54) is 0 Å². The third-order valence-corrected chi connectivity index (χ3v) is 3.16. The molecule has 0 saturated carbocycles. The summed E-state index contributed by atoms with van der Waals surface area (Å²) in [4.78, 5) is 14.5. The lowest BCUT2D eigenvalue weighted by atomic mass is 10.1. The largest absolute Gasteiger partial charge is 0.393 e. The van der Waals surface area contributed by atoms with Crippen LogP contribution >= 0.6 is 23.8 Å². The Balaban J connectivity index is 2.86. The smallest absolute Gasteiger partial charge is 0.254 e. The van der Waals surface area contributed by atoms with E-state index in [-0.39, 0.29) is 5.91 Å². The molecule has 1 aromatic carbocycles. The molecule has 1 amide bonds. The number of amides is 1. The number of nitrogens with two attached hydrogens (primary N) is 1. The van der Waals surface area contributed by atoms with Gasteiger partial charge in [0.15, 0.2) is 0 Å². The Kier molecular flexibility index (Phi) is 5.56. The lowest BCUT2D eigenvalue weighted by molar-refractivity contribution is 0.0768. The van der Waals surface area contributed by atoms with E-state index in [4.69, 9.17) is 29.6 Å². The van der Waals surface area contributed by atoms with Crippen molar-refractivity contribution in [2.24, 2.45) is 5.73 Å². The number of carbonyl (C=O) groups is 1. The second kappa shape index (κ2) is 6.71. The number of halogens is 1. The third-order valence-electron chi connectivity index (χ3n) is 2.72. The minimum atomic E-state index is -0.0112. The van der Waals surface area contributed by atoms with Gasteiger partial charge >= 0.3 is 0 Å². The van der Waals surface area contributed by atoms with Crippen molar-refractivity contribution in [3.63, 3.8) is 0 Å². The molecule has 1 rings (SSSR count). The molecule has 0 heterocycles. The number of hydrogen-bond donors (Lipinski definition) is 1. The molecular formula is C13H17ClN2OS. The maximum atomic E-state index is 12.3. The Bertz CT molecular complexity index is 462. The molecule has 2 N–H and O–H groups in total. The van der Waals surface area contributed by atoms with Crippen molar-refractivity contribution in [1.82, 2.24) is 4.90 Å². The average molecular weight is 285 g/mol. The molecule has 0 aliphatic carbocycles. The van der Waals surface area contributed by atoms with Crippen LogP contribution in [0.25, 0.3) is 0 Å². The summed E-state index contributed by atoms with van der Waals surface area (Å²) in [5.41, 5.74) is 7.01. The standard InChI is InChI=1S/C13H17ClN2OS/c1-3-16(7-6-12(15)18)13(17)11-5-4-10(14)8-9(11)2/h4-5,8H,3,6-7H2,1-2H3,(H2,15,18). The number of hydrogen-bond acceptors (Lipinski definition) is 2. The second-order valence-corrected chi connectivity index (χ2v) is 5.02. The predicted molar refractivity (Wildman–Crippen MR) is 79.2 cm³/mol. The fraction of sp³-hybridized carbons (Fsp3) is 0.385. The van der Waals surface area contributed by atoms with Gasteiger partial charge in [-0.2, -0.15) is 0 Å². The van der Waals surface area contributed by atoms with Crippen LogP contribution in [0.3, 0.4) is 0 Å². The predicted octanol–water partition coefficient (Wildman–Crippen LogP) is 2.79. The van der Waals surface area contributed by atoms with E-state index in [1.807, 2.05) is 13.8 Å². The second-order valence-electron chi connectivity index (χ2n) is 4.06. The zero-order chi connectivity index (χ0) is 13.7. The molecule has 0 aliphatic heterocycles. The quantitative estimate of drug-likeness (QED) is 0.846. The van der Waals surface area contributed by atoms with Gasteiger partial charge in [-0.3, -0.25) is 4.79 Å². The Labute approximate surface area is 118 Å². The van der Waals surface area contributed by atoms with E-state index in [0.717, 1.165) is 5.56 Å². The molecule has 5 heteroatoms. The Hall–Kier alpha value is -1.13. The summed E-state index contributed by atoms with van der Waals surface area (Å²) in [6, 6.07) is 5.27. The first kappa shape index (κ1) is 14.9. The average Bonchev–Trinajstić information content (AvgIpc) is 2.29. The van der Waals surface area contributed by atoms with Gasteiger partial charge in [-0.1, -0.05) is 23.8 Å². The third kappa shape index (κ3) is 3.96. The van der Waals surface area contributed by atoms with Crippen LogP contribution in [-0.4, -0.2) is 28.9 Å². The van der Waals surface area contributed by atoms with Crippen LogP contribution in [0.5, 0.6) is 0 Å². The van der Waals surface area contributed by atoms with E-state index in [9.17, 15) is 4.79 Å². The molecule has 0 bridgehead atoms. The van der Waals surface area contributed by atoms with Crippen molar-refractivity contribution in [3.8, 4) is 0 Å². The van der Waals surface area contributed by atoms with Gasteiger partial charge in [0.2, 0.25) is 0 Å². The minimum Gasteiger partial charge on any atom is -0.393 e. The molecule has 0 aromatic heterocycles. The van der Waals surface area contributed by atoms with Gasteiger partial charge in [0.1, 0.15) is 0 Å². The molecule has 0 fully saturated rings. The van der Waals surface area contributed by atoms with Crippen LogP contribution in [0.15, 0.2) is 18.2 Å². The van der Waals surface area contributed by atoms with Crippen molar-refractivity contribution >= 4 is 34.7 Å². The lowest BCUT2D eigenvalue weighted by Gasteiger charge is -2.21. The molecular weight excluding hydrogens is 268 g/mol. The van der Waals surface area contributed by atoms with Crippen molar-refractivity contribution in [2.75, 3.05) is 13.1 Å². The van der Waals surface area contributed by atoms with E-state index in [0.29, 0.717) is 35.1 Å². The lowest BCUT2D eigenvalue weighted by Crippen LogP contribution is -2.34. The molecule has 0 saturated heterocycles. The summed E-state index contributed by atoms with van der Waals surface area (Å²) in [6.45, 7) is 4.99. The highest BCUT2D eigenvalue weighted by atomic mass is 35.5. The molecule has 3 nitrogen and oxygen atoms in total. The number of aryl methyl sites for hydroxylation is 1. The SMILES string of the molecule is CCN(CCC(N)=S)C(=O)c1ccc(Cl)cc1C. The Morgan fingerprint density at radius 2 is 2.17 bits per heavy atom. The minimum absolute atomic E-state index is 0.0112. The number of carbonyl (C=O) groups excluding carboxylic acids is 1. The van der Waals surface area contributed by atoms with Crippen molar-refractivity contribution < 1.29 is 4.79 Å². The van der Waals surface area contributed by atoms with E-state index < -0.39 is 0 Å². The Morgan fingerprint density at radius 3 is 2.67 bits per heavy atom. The summed E-state index contributed by atoms with van der Waals surface area (Å²) >= 11 is 10.7. The van der Waals surface area contributed by atoms with Gasteiger partial charge in [-0.15, -0.1) is 0 Å². The summed E-state index contributed by atoms with van der Waals surface area (Å²) in [5, 5.41) is 0.634. The normalized spacial score (nSPS) is 10.2. The van der Waals surface area contributed by atoms with Crippen LogP contribution < -0.4 is 5.73 Å². The van der Waals surface area contributed by atoms with Crippen LogP contribution in [-0.2, 0) is 0 Å². The molecule has 0 atom stereocenters. The van der Waals surface area contributed by atoms with Crippen LogP contribution in [0.2, 0.25) is 5.02 Å². The maximum absolute atomic E-state index is 12.3. The molecule has 0 aliphatic rings. The van der Waals surface area contributed by atoms with E-state index in [1.54, 1.807) is 23.1 Å². The summed E-state index contributed by atoms with van der Waals surface area (Å²) in [5.74, 6) is -0.0112. The molecule has 1 aromatic rings. The van der Waals surface area contributed by atoms with Crippen molar-refractivity contribution in [3.05, 3.63) is 34.3 Å². The highest BCUT2D eigenvalue weighted by Crippen LogP contribution is 2.17. The topological polar surface area (TPSA) is 46.3 Å². The van der Waals surface area contributed by atoms with Gasteiger partial charge < -0.3 is 10.6 Å². The fourth-order valence-electron chi connectivity index (χ4n) is 1.69. The van der Waals surface area contributed by atoms with Crippen molar-refractivity contribution in [1.29, 1.82) is 0 Å². The molecule has 0 spiro atoms. The number of rotatable bonds is 5.